The van der Waals surface area contributed by atoms with Crippen LogP contribution in [0.5, 0.6) is 0 Å². The van der Waals surface area contributed by atoms with Crippen molar-refractivity contribution in [2.45, 2.75) is 12.5 Å². The van der Waals surface area contributed by atoms with Gasteiger partial charge in [-0.05, 0) is 11.6 Å². The second-order valence-electron chi connectivity index (χ2n) is 3.20. The van der Waals surface area contributed by atoms with Gasteiger partial charge in [-0.2, -0.15) is 8.78 Å². The highest BCUT2D eigenvalue weighted by molar-refractivity contribution is 5.54. The lowest BCUT2D eigenvalue weighted by Gasteiger charge is -2.08. The van der Waals surface area contributed by atoms with Gasteiger partial charge in [-0.15, -0.1) is 0 Å². The van der Waals surface area contributed by atoms with Gasteiger partial charge < -0.3 is 4.74 Å². The van der Waals surface area contributed by atoms with E-state index < -0.39 is 6.11 Å². The van der Waals surface area contributed by atoms with Crippen molar-refractivity contribution in [1.82, 2.24) is 0 Å². The maximum absolute atomic E-state index is 13.0. The molecule has 3 heteroatoms. The minimum absolute atomic E-state index is 0.0590. The van der Waals surface area contributed by atoms with Crippen LogP contribution in [0.2, 0.25) is 0 Å². The van der Waals surface area contributed by atoms with Gasteiger partial charge in [0.2, 0.25) is 0 Å². The van der Waals surface area contributed by atoms with Crippen molar-refractivity contribution in [3.63, 3.8) is 0 Å². The molecule has 0 N–H and O–H groups in total. The normalized spacial score (nSPS) is 22.9. The lowest BCUT2D eigenvalue weighted by molar-refractivity contribution is -0.181. The number of alkyl halides is 2. The molecule has 1 aromatic rings. The van der Waals surface area contributed by atoms with Crippen LogP contribution in [0.15, 0.2) is 35.9 Å². The smallest absolute Gasteiger partial charge is 0.316 e. The summed E-state index contributed by atoms with van der Waals surface area (Å²) in [6, 6.07) is 9.08. The number of hydrogen-bond acceptors (Lipinski definition) is 1. The zero-order chi connectivity index (χ0) is 10.0. The summed E-state index contributed by atoms with van der Waals surface area (Å²) >= 11 is 0. The molecule has 0 spiro atoms. The maximum Gasteiger partial charge on any atom is 0.379 e. The topological polar surface area (TPSA) is 9.23 Å². The first-order valence-electron chi connectivity index (χ1n) is 4.46. The van der Waals surface area contributed by atoms with Crippen molar-refractivity contribution in [1.29, 1.82) is 0 Å². The fraction of sp³-hybridized carbons (Fsp3) is 0.273. The quantitative estimate of drug-likeness (QED) is 0.670. The zero-order valence-corrected chi connectivity index (χ0v) is 7.54. The molecule has 1 aliphatic heterocycles. The highest BCUT2D eigenvalue weighted by atomic mass is 19.3. The lowest BCUT2D eigenvalue weighted by atomic mass is 10.1. The fourth-order valence-electron chi connectivity index (χ4n) is 1.43. The number of hydrogen-bond donors (Lipinski definition) is 0. The van der Waals surface area contributed by atoms with Gasteiger partial charge in [0.1, 0.15) is 0 Å². The molecule has 0 unspecified atom stereocenters. The zero-order valence-electron chi connectivity index (χ0n) is 7.54. The maximum atomic E-state index is 13.0. The Labute approximate surface area is 81.0 Å². The van der Waals surface area contributed by atoms with Gasteiger partial charge in [-0.3, -0.25) is 0 Å². The standard InChI is InChI=1S/C11H10F2O/c12-11(13)10(6-7-14-11)8-9-4-2-1-3-5-9/h1-5,8H,6-7H2/b10-8-. The number of halogens is 2. The van der Waals surface area contributed by atoms with Crippen LogP contribution >= 0.6 is 0 Å². The Morgan fingerprint density at radius 1 is 1.21 bits per heavy atom. The summed E-state index contributed by atoms with van der Waals surface area (Å²) in [5.74, 6) is 0. The predicted molar refractivity (Wildman–Crippen MR) is 49.9 cm³/mol. The van der Waals surface area contributed by atoms with Crippen LogP contribution in [-0.2, 0) is 4.74 Å². The van der Waals surface area contributed by atoms with Crippen molar-refractivity contribution in [2.24, 2.45) is 0 Å². The molecule has 0 amide bonds. The minimum atomic E-state index is -3.07. The van der Waals surface area contributed by atoms with Crippen molar-refractivity contribution < 1.29 is 13.5 Å². The van der Waals surface area contributed by atoms with Crippen molar-refractivity contribution in [3.8, 4) is 0 Å². The number of rotatable bonds is 1. The van der Waals surface area contributed by atoms with E-state index >= 15 is 0 Å². The molecular weight excluding hydrogens is 186 g/mol. The van der Waals surface area contributed by atoms with E-state index in [1.54, 1.807) is 12.1 Å². The first kappa shape index (κ1) is 9.34. The van der Waals surface area contributed by atoms with E-state index in [0.29, 0.717) is 6.42 Å². The van der Waals surface area contributed by atoms with Crippen LogP contribution in [0.1, 0.15) is 12.0 Å². The summed E-state index contributed by atoms with van der Waals surface area (Å²) in [7, 11) is 0. The Kier molecular flexibility index (Phi) is 2.33. The molecule has 0 bridgehead atoms. The van der Waals surface area contributed by atoms with Gasteiger partial charge in [0.15, 0.2) is 0 Å². The fourth-order valence-corrected chi connectivity index (χ4v) is 1.43. The second-order valence-corrected chi connectivity index (χ2v) is 3.20. The third-order valence-electron chi connectivity index (χ3n) is 2.17. The molecule has 2 rings (SSSR count). The monoisotopic (exact) mass is 196 g/mol. The van der Waals surface area contributed by atoms with E-state index in [9.17, 15) is 8.78 Å². The molecule has 0 aliphatic carbocycles. The minimum Gasteiger partial charge on any atom is -0.316 e. The highest BCUT2D eigenvalue weighted by Gasteiger charge is 2.40. The Morgan fingerprint density at radius 2 is 1.93 bits per heavy atom. The molecule has 1 aromatic carbocycles. The Balaban J connectivity index is 2.27. The Hall–Kier alpha value is -1.22. The summed E-state index contributed by atoms with van der Waals surface area (Å²) in [5, 5.41) is 0. The Bertz CT molecular complexity index is 344. The van der Waals surface area contributed by atoms with Crippen molar-refractivity contribution >= 4 is 6.08 Å². The summed E-state index contributed by atoms with van der Waals surface area (Å²) in [5.41, 5.74) is 0.844. The number of benzene rings is 1. The number of ether oxygens (including phenoxy) is 1. The van der Waals surface area contributed by atoms with Gasteiger partial charge in [0.25, 0.3) is 0 Å². The van der Waals surface area contributed by atoms with Gasteiger partial charge >= 0.3 is 6.11 Å². The highest BCUT2D eigenvalue weighted by Crippen LogP contribution is 2.35. The molecule has 1 heterocycles. The first-order valence-corrected chi connectivity index (χ1v) is 4.46. The van der Waals surface area contributed by atoms with Crippen LogP contribution in [0.25, 0.3) is 6.08 Å². The van der Waals surface area contributed by atoms with E-state index in [1.807, 2.05) is 18.2 Å². The largest absolute Gasteiger partial charge is 0.379 e. The Morgan fingerprint density at radius 3 is 2.50 bits per heavy atom. The van der Waals surface area contributed by atoms with Crippen LogP contribution < -0.4 is 0 Å². The molecule has 1 saturated heterocycles. The molecule has 1 fully saturated rings. The SMILES string of the molecule is FC1(F)OCC/C1=C/c1ccccc1. The van der Waals surface area contributed by atoms with E-state index in [1.165, 1.54) is 6.08 Å². The average molecular weight is 196 g/mol. The van der Waals surface area contributed by atoms with E-state index in [2.05, 4.69) is 4.74 Å². The summed E-state index contributed by atoms with van der Waals surface area (Å²) in [6.07, 6.45) is -1.27. The van der Waals surface area contributed by atoms with Crippen LogP contribution in [0, 0.1) is 0 Å². The third kappa shape index (κ3) is 1.82. The molecule has 0 saturated carbocycles. The van der Waals surface area contributed by atoms with Gasteiger partial charge in [-0.25, -0.2) is 0 Å². The van der Waals surface area contributed by atoms with Crippen LogP contribution in [0.4, 0.5) is 8.78 Å². The summed E-state index contributed by atoms with van der Waals surface area (Å²) in [4.78, 5) is 0. The molecule has 1 aliphatic rings. The van der Waals surface area contributed by atoms with Crippen LogP contribution in [0.3, 0.4) is 0 Å². The second kappa shape index (κ2) is 3.50. The molecule has 0 atom stereocenters. The third-order valence-corrected chi connectivity index (χ3v) is 2.17. The summed E-state index contributed by atoms with van der Waals surface area (Å²) < 4.78 is 30.3. The van der Waals surface area contributed by atoms with Crippen molar-refractivity contribution in [3.05, 3.63) is 41.5 Å². The predicted octanol–water partition coefficient (Wildman–Crippen LogP) is 3.08. The van der Waals surface area contributed by atoms with Crippen molar-refractivity contribution in [2.75, 3.05) is 6.61 Å². The molecular formula is C11H10F2O. The summed E-state index contributed by atoms with van der Waals surface area (Å²) in [6.45, 7) is 0.103. The molecule has 74 valence electrons. The average Bonchev–Trinajstić information content (AvgIpc) is 2.48. The molecule has 0 aromatic heterocycles. The lowest BCUT2D eigenvalue weighted by Crippen LogP contribution is -2.14. The first-order chi connectivity index (χ1) is 6.68. The van der Waals surface area contributed by atoms with Gasteiger partial charge in [0.05, 0.1) is 6.61 Å². The van der Waals surface area contributed by atoms with Gasteiger partial charge in [-0.1, -0.05) is 30.3 Å². The van der Waals surface area contributed by atoms with Crippen LogP contribution in [-0.4, -0.2) is 12.7 Å². The molecule has 14 heavy (non-hydrogen) atoms. The van der Waals surface area contributed by atoms with E-state index in [4.69, 9.17) is 0 Å². The molecule has 0 radical (unpaired) electrons. The molecule has 1 nitrogen and oxygen atoms in total. The van der Waals surface area contributed by atoms with E-state index in [-0.39, 0.29) is 12.2 Å². The van der Waals surface area contributed by atoms with E-state index in [0.717, 1.165) is 5.56 Å². The van der Waals surface area contributed by atoms with Gasteiger partial charge in [0, 0.05) is 12.0 Å².